The molecule has 3 aromatic rings. The Kier molecular flexibility index (Phi) is 4.17. The average Bonchev–Trinajstić information content (AvgIpc) is 2.95. The predicted molar refractivity (Wildman–Crippen MR) is 81.5 cm³/mol. The number of alkyl halides is 6. The van der Waals surface area contributed by atoms with Gasteiger partial charge in [0.05, 0.1) is 18.9 Å². The minimum Gasteiger partial charge on any atom is -0.406 e. The quantitative estimate of drug-likeness (QED) is 0.621. The lowest BCUT2D eigenvalue weighted by Crippen LogP contribution is -2.26. The molecule has 1 aliphatic heterocycles. The molecule has 4 rings (SSSR count). The van der Waals surface area contributed by atoms with Crippen LogP contribution in [0, 0.1) is 0 Å². The first kappa shape index (κ1) is 18.5. The Balaban J connectivity index is 1.81. The molecule has 0 atom stereocenters. The SMILES string of the molecule is FC(F)(F)Oc1ccc(-c2ccc3nnc(C(F)(F)F)n3n2)c(C2COC2)c1. The number of rotatable bonds is 3. The van der Waals surface area contributed by atoms with Crippen molar-refractivity contribution < 1.29 is 35.8 Å². The number of nitrogens with zero attached hydrogens (tertiary/aromatic N) is 4. The van der Waals surface area contributed by atoms with Gasteiger partial charge in [-0.3, -0.25) is 0 Å². The Bertz CT molecular complexity index is 1030. The second kappa shape index (κ2) is 6.33. The highest BCUT2D eigenvalue weighted by Gasteiger charge is 2.38. The summed E-state index contributed by atoms with van der Waals surface area (Å²) in [6, 6.07) is 6.31. The van der Waals surface area contributed by atoms with Gasteiger partial charge in [-0.2, -0.15) is 22.8 Å². The fourth-order valence-electron chi connectivity index (χ4n) is 2.83. The summed E-state index contributed by atoms with van der Waals surface area (Å²) < 4.78 is 86.3. The van der Waals surface area contributed by atoms with Crippen LogP contribution in [0.3, 0.4) is 0 Å². The largest absolute Gasteiger partial charge is 0.573 e. The predicted octanol–water partition coefficient (Wildman–Crippen LogP) is 3.82. The molecule has 148 valence electrons. The number of hydrogen-bond donors (Lipinski definition) is 0. The number of ether oxygens (including phenoxy) is 2. The molecule has 2 aromatic heterocycles. The third kappa shape index (κ3) is 3.46. The molecule has 1 saturated heterocycles. The van der Waals surface area contributed by atoms with E-state index in [-0.39, 0.29) is 30.5 Å². The highest BCUT2D eigenvalue weighted by molar-refractivity contribution is 5.67. The molecule has 1 aliphatic rings. The molecule has 0 unspecified atom stereocenters. The van der Waals surface area contributed by atoms with Gasteiger partial charge in [0, 0.05) is 11.5 Å². The second-order valence-corrected chi connectivity index (χ2v) is 6.04. The second-order valence-electron chi connectivity index (χ2n) is 6.04. The summed E-state index contributed by atoms with van der Waals surface area (Å²) in [5, 5.41) is 10.5. The number of aromatic nitrogens is 4. The molecule has 0 bridgehead atoms. The van der Waals surface area contributed by atoms with Gasteiger partial charge in [-0.15, -0.1) is 23.4 Å². The van der Waals surface area contributed by atoms with E-state index in [1.165, 1.54) is 24.3 Å². The van der Waals surface area contributed by atoms with Crippen LogP contribution in [0.4, 0.5) is 26.3 Å². The Hall–Kier alpha value is -2.89. The molecule has 3 heterocycles. The molecular formula is C16H10F6N4O2. The van der Waals surface area contributed by atoms with Gasteiger partial charge in [-0.1, -0.05) is 0 Å². The lowest BCUT2D eigenvalue weighted by molar-refractivity contribution is -0.274. The number of fused-ring (bicyclic) bond motifs is 1. The topological polar surface area (TPSA) is 61.5 Å². The summed E-state index contributed by atoms with van der Waals surface area (Å²) in [7, 11) is 0. The van der Waals surface area contributed by atoms with Crippen LogP contribution in [0.2, 0.25) is 0 Å². The van der Waals surface area contributed by atoms with E-state index < -0.39 is 24.1 Å². The van der Waals surface area contributed by atoms with Crippen LogP contribution in [0.15, 0.2) is 30.3 Å². The van der Waals surface area contributed by atoms with Crippen LogP contribution in [0.5, 0.6) is 5.75 Å². The standard InChI is InChI=1S/C16H10F6N4O2/c17-15(18,19)14-24-23-13-4-3-12(25-26(13)14)10-2-1-9(28-16(20,21)22)5-11(10)8-6-27-7-8/h1-5,8H,6-7H2. The van der Waals surface area contributed by atoms with E-state index in [2.05, 4.69) is 20.0 Å². The van der Waals surface area contributed by atoms with Crippen molar-refractivity contribution in [1.29, 1.82) is 0 Å². The minimum atomic E-state index is -4.86. The van der Waals surface area contributed by atoms with Crippen molar-refractivity contribution in [1.82, 2.24) is 19.8 Å². The Morgan fingerprint density at radius 3 is 2.36 bits per heavy atom. The van der Waals surface area contributed by atoms with Crippen molar-refractivity contribution in [3.05, 3.63) is 41.7 Å². The van der Waals surface area contributed by atoms with E-state index in [1.807, 2.05) is 0 Å². The summed E-state index contributed by atoms with van der Waals surface area (Å²) in [4.78, 5) is 0. The first-order chi connectivity index (χ1) is 13.1. The molecule has 0 amide bonds. The van der Waals surface area contributed by atoms with Gasteiger partial charge in [-0.05, 0) is 35.9 Å². The van der Waals surface area contributed by atoms with Gasteiger partial charge < -0.3 is 9.47 Å². The third-order valence-corrected chi connectivity index (χ3v) is 4.13. The van der Waals surface area contributed by atoms with E-state index >= 15 is 0 Å². The van der Waals surface area contributed by atoms with Gasteiger partial charge in [0.1, 0.15) is 5.75 Å². The summed E-state index contributed by atoms with van der Waals surface area (Å²) in [6.45, 7) is 0.538. The number of hydrogen-bond acceptors (Lipinski definition) is 5. The van der Waals surface area contributed by atoms with Crippen LogP contribution in [0.1, 0.15) is 17.3 Å². The lowest BCUT2D eigenvalue weighted by Gasteiger charge is -2.28. The third-order valence-electron chi connectivity index (χ3n) is 4.13. The molecule has 0 aliphatic carbocycles. The molecule has 0 spiro atoms. The zero-order valence-electron chi connectivity index (χ0n) is 13.8. The fraction of sp³-hybridized carbons (Fsp3) is 0.312. The van der Waals surface area contributed by atoms with Crippen LogP contribution in [-0.2, 0) is 10.9 Å². The number of benzene rings is 1. The highest BCUT2D eigenvalue weighted by atomic mass is 19.4. The first-order valence-corrected chi connectivity index (χ1v) is 7.89. The fourth-order valence-corrected chi connectivity index (χ4v) is 2.83. The zero-order valence-corrected chi connectivity index (χ0v) is 13.8. The number of halogens is 6. The summed E-state index contributed by atoms with van der Waals surface area (Å²) in [5.74, 6) is -1.96. The Morgan fingerprint density at radius 1 is 1.00 bits per heavy atom. The zero-order chi connectivity index (χ0) is 20.1. The van der Waals surface area contributed by atoms with Crippen molar-refractivity contribution in [2.75, 3.05) is 13.2 Å². The summed E-state index contributed by atoms with van der Waals surface area (Å²) >= 11 is 0. The van der Waals surface area contributed by atoms with Crippen molar-refractivity contribution >= 4 is 5.65 Å². The van der Waals surface area contributed by atoms with E-state index in [0.29, 0.717) is 15.6 Å². The first-order valence-electron chi connectivity index (χ1n) is 7.89. The molecule has 12 heteroatoms. The summed E-state index contributed by atoms with van der Waals surface area (Å²) in [6.07, 6.45) is -9.63. The lowest BCUT2D eigenvalue weighted by atomic mass is 9.91. The van der Waals surface area contributed by atoms with E-state index in [1.54, 1.807) is 0 Å². The van der Waals surface area contributed by atoms with E-state index in [0.717, 1.165) is 6.07 Å². The smallest absolute Gasteiger partial charge is 0.406 e. The van der Waals surface area contributed by atoms with Gasteiger partial charge in [0.2, 0.25) is 0 Å². The average molecular weight is 404 g/mol. The Labute approximate surface area is 152 Å². The molecule has 6 nitrogen and oxygen atoms in total. The summed E-state index contributed by atoms with van der Waals surface area (Å²) in [5.41, 5.74) is 0.813. The normalized spacial score (nSPS) is 15.6. The van der Waals surface area contributed by atoms with Gasteiger partial charge in [0.25, 0.3) is 5.82 Å². The Morgan fingerprint density at radius 2 is 1.75 bits per heavy atom. The maximum absolute atomic E-state index is 13.1. The molecule has 0 radical (unpaired) electrons. The van der Waals surface area contributed by atoms with Gasteiger partial charge in [0.15, 0.2) is 5.65 Å². The van der Waals surface area contributed by atoms with Crippen molar-refractivity contribution in [2.24, 2.45) is 0 Å². The monoisotopic (exact) mass is 404 g/mol. The maximum Gasteiger partial charge on any atom is 0.573 e. The van der Waals surface area contributed by atoms with Crippen molar-refractivity contribution in [3.63, 3.8) is 0 Å². The molecule has 28 heavy (non-hydrogen) atoms. The van der Waals surface area contributed by atoms with Crippen LogP contribution >= 0.6 is 0 Å². The van der Waals surface area contributed by atoms with Crippen molar-refractivity contribution in [2.45, 2.75) is 18.5 Å². The van der Waals surface area contributed by atoms with E-state index in [9.17, 15) is 26.3 Å². The van der Waals surface area contributed by atoms with Crippen LogP contribution < -0.4 is 4.74 Å². The highest BCUT2D eigenvalue weighted by Crippen LogP contribution is 2.37. The minimum absolute atomic E-state index is 0.110. The van der Waals surface area contributed by atoms with E-state index in [4.69, 9.17) is 4.74 Å². The van der Waals surface area contributed by atoms with Crippen LogP contribution in [0.25, 0.3) is 16.9 Å². The molecule has 1 fully saturated rings. The van der Waals surface area contributed by atoms with Gasteiger partial charge in [-0.25, -0.2) is 0 Å². The van der Waals surface area contributed by atoms with Crippen molar-refractivity contribution in [3.8, 4) is 17.0 Å². The molecule has 0 N–H and O–H groups in total. The molecule has 0 saturated carbocycles. The van der Waals surface area contributed by atoms with Crippen LogP contribution in [-0.4, -0.2) is 39.4 Å². The maximum atomic E-state index is 13.1. The molecule has 1 aromatic carbocycles. The molecular weight excluding hydrogens is 394 g/mol. The van der Waals surface area contributed by atoms with Gasteiger partial charge >= 0.3 is 12.5 Å².